The van der Waals surface area contributed by atoms with Crippen LogP contribution in [0.1, 0.15) is 35.8 Å². The van der Waals surface area contributed by atoms with E-state index in [1.807, 2.05) is 6.92 Å². The molecule has 0 aromatic heterocycles. The first-order chi connectivity index (χ1) is 12.5. The molecule has 0 saturated carbocycles. The third kappa shape index (κ3) is 5.82. The summed E-state index contributed by atoms with van der Waals surface area (Å²) in [5.74, 6) is -0.232. The zero-order valence-electron chi connectivity index (χ0n) is 14.9. The lowest BCUT2D eigenvalue weighted by molar-refractivity contribution is 0.0525. The summed E-state index contributed by atoms with van der Waals surface area (Å²) in [5, 5.41) is 13.1. The molecule has 2 N–H and O–H groups in total. The molecule has 0 aliphatic carbocycles. The van der Waals surface area contributed by atoms with Crippen LogP contribution in [0.4, 0.5) is 4.39 Å². The van der Waals surface area contributed by atoms with Gasteiger partial charge in [0, 0.05) is 18.2 Å². The Morgan fingerprint density at radius 2 is 2.00 bits per heavy atom. The van der Waals surface area contributed by atoms with Gasteiger partial charge >= 0.3 is 5.97 Å². The average Bonchev–Trinajstić information content (AvgIpc) is 2.65. The van der Waals surface area contributed by atoms with Crippen molar-refractivity contribution in [3.05, 3.63) is 65.5 Å². The maximum Gasteiger partial charge on any atom is 0.338 e. The number of rotatable bonds is 9. The molecule has 0 heterocycles. The molecule has 0 fully saturated rings. The van der Waals surface area contributed by atoms with Crippen LogP contribution < -0.4 is 10.1 Å². The van der Waals surface area contributed by atoms with Gasteiger partial charge in [-0.15, -0.1) is 0 Å². The van der Waals surface area contributed by atoms with Gasteiger partial charge in [0.05, 0.1) is 12.2 Å². The first kappa shape index (κ1) is 19.9. The molecular weight excluding hydrogens is 337 g/mol. The van der Waals surface area contributed by atoms with Crippen LogP contribution in [-0.4, -0.2) is 36.9 Å². The lowest BCUT2D eigenvalue weighted by Gasteiger charge is -2.18. The zero-order valence-corrected chi connectivity index (χ0v) is 14.9. The highest BCUT2D eigenvalue weighted by atomic mass is 19.1. The fourth-order valence-corrected chi connectivity index (χ4v) is 2.43. The maximum absolute atomic E-state index is 13.7. The van der Waals surface area contributed by atoms with Crippen molar-refractivity contribution in [3.8, 4) is 5.75 Å². The highest BCUT2D eigenvalue weighted by Crippen LogP contribution is 2.16. The van der Waals surface area contributed by atoms with Crippen LogP contribution >= 0.6 is 0 Å². The number of hydrogen-bond acceptors (Lipinski definition) is 5. The maximum atomic E-state index is 13.7. The molecule has 2 rings (SSSR count). The Morgan fingerprint density at radius 3 is 2.73 bits per heavy atom. The van der Waals surface area contributed by atoms with Gasteiger partial charge in [-0.25, -0.2) is 9.18 Å². The van der Waals surface area contributed by atoms with Crippen LogP contribution in [0.5, 0.6) is 5.75 Å². The van der Waals surface area contributed by atoms with Gasteiger partial charge in [0.25, 0.3) is 0 Å². The van der Waals surface area contributed by atoms with Crippen LogP contribution in [0.3, 0.4) is 0 Å². The number of esters is 1. The quantitative estimate of drug-likeness (QED) is 0.672. The molecule has 26 heavy (non-hydrogen) atoms. The molecule has 0 radical (unpaired) electrons. The molecule has 0 spiro atoms. The van der Waals surface area contributed by atoms with E-state index in [0.717, 1.165) is 0 Å². The number of benzene rings is 2. The van der Waals surface area contributed by atoms with Crippen molar-refractivity contribution in [1.29, 1.82) is 0 Å². The summed E-state index contributed by atoms with van der Waals surface area (Å²) in [6.45, 7) is 4.16. The van der Waals surface area contributed by atoms with E-state index in [4.69, 9.17) is 9.47 Å². The number of carbonyl (C=O) groups is 1. The van der Waals surface area contributed by atoms with Crippen molar-refractivity contribution in [2.45, 2.75) is 26.0 Å². The van der Waals surface area contributed by atoms with E-state index < -0.39 is 12.1 Å². The van der Waals surface area contributed by atoms with E-state index in [-0.39, 0.29) is 25.0 Å². The van der Waals surface area contributed by atoms with Crippen LogP contribution in [0.25, 0.3) is 0 Å². The number of aliphatic hydroxyl groups is 1. The molecular formula is C20H24FNO4. The second-order valence-corrected chi connectivity index (χ2v) is 5.86. The molecule has 2 aromatic carbocycles. The molecule has 0 aliphatic rings. The van der Waals surface area contributed by atoms with Crippen molar-refractivity contribution >= 4 is 5.97 Å². The summed E-state index contributed by atoms with van der Waals surface area (Å²) in [7, 11) is 0. The van der Waals surface area contributed by atoms with Crippen LogP contribution in [-0.2, 0) is 4.74 Å². The highest BCUT2D eigenvalue weighted by Gasteiger charge is 2.13. The smallest absolute Gasteiger partial charge is 0.338 e. The molecule has 0 amide bonds. The van der Waals surface area contributed by atoms with E-state index in [9.17, 15) is 14.3 Å². The lowest BCUT2D eigenvalue weighted by Crippen LogP contribution is -2.33. The SMILES string of the molecule is CCOC(=O)c1cccc(OC[C@H](O)CN[C@@H](C)c2ccccc2F)c1. The molecule has 0 unspecified atom stereocenters. The fraction of sp³-hybridized carbons (Fsp3) is 0.350. The number of aliphatic hydroxyl groups excluding tert-OH is 1. The van der Waals surface area contributed by atoms with Gasteiger partial charge in [0.15, 0.2) is 0 Å². The van der Waals surface area contributed by atoms with Gasteiger partial charge in [-0.1, -0.05) is 24.3 Å². The van der Waals surface area contributed by atoms with Crippen molar-refractivity contribution in [2.75, 3.05) is 19.8 Å². The molecule has 0 aliphatic heterocycles. The number of ether oxygens (including phenoxy) is 2. The van der Waals surface area contributed by atoms with Crippen molar-refractivity contribution in [1.82, 2.24) is 5.32 Å². The van der Waals surface area contributed by atoms with Crippen LogP contribution in [0.2, 0.25) is 0 Å². The van der Waals surface area contributed by atoms with Gasteiger partial charge in [-0.3, -0.25) is 0 Å². The third-order valence-corrected chi connectivity index (χ3v) is 3.82. The standard InChI is InChI=1S/C20H24FNO4/c1-3-25-20(24)15-7-6-8-17(11-15)26-13-16(23)12-22-14(2)18-9-4-5-10-19(18)21/h4-11,14,16,22-23H,3,12-13H2,1-2H3/t14-,16+/m0/s1. The highest BCUT2D eigenvalue weighted by molar-refractivity contribution is 5.89. The van der Waals surface area contributed by atoms with Crippen molar-refractivity contribution in [3.63, 3.8) is 0 Å². The molecule has 2 atom stereocenters. The van der Waals surface area contributed by atoms with Gasteiger partial charge in [-0.05, 0) is 38.1 Å². The Bertz CT molecular complexity index is 722. The predicted octanol–water partition coefficient (Wildman–Crippen LogP) is 3.09. The molecule has 5 nitrogen and oxygen atoms in total. The fourth-order valence-electron chi connectivity index (χ4n) is 2.43. The molecule has 6 heteroatoms. The zero-order chi connectivity index (χ0) is 18.9. The third-order valence-electron chi connectivity index (χ3n) is 3.82. The number of carbonyl (C=O) groups excluding carboxylic acids is 1. The van der Waals surface area contributed by atoms with E-state index >= 15 is 0 Å². The van der Waals surface area contributed by atoms with Gasteiger partial charge in [0.2, 0.25) is 0 Å². The average molecular weight is 361 g/mol. The molecule has 0 bridgehead atoms. The van der Waals surface area contributed by atoms with Gasteiger partial charge < -0.3 is 19.9 Å². The summed E-state index contributed by atoms with van der Waals surface area (Å²) in [4.78, 5) is 11.7. The minimum absolute atomic E-state index is 0.0449. The summed E-state index contributed by atoms with van der Waals surface area (Å²) >= 11 is 0. The summed E-state index contributed by atoms with van der Waals surface area (Å²) in [6.07, 6.45) is -0.782. The molecule has 2 aromatic rings. The Morgan fingerprint density at radius 1 is 1.23 bits per heavy atom. The predicted molar refractivity (Wildman–Crippen MR) is 96.7 cm³/mol. The minimum atomic E-state index is -0.782. The lowest BCUT2D eigenvalue weighted by atomic mass is 10.1. The van der Waals surface area contributed by atoms with Crippen LogP contribution in [0.15, 0.2) is 48.5 Å². The second-order valence-electron chi connectivity index (χ2n) is 5.86. The number of nitrogens with one attached hydrogen (secondary N) is 1. The topological polar surface area (TPSA) is 67.8 Å². The first-order valence-corrected chi connectivity index (χ1v) is 8.57. The molecule has 140 valence electrons. The molecule has 0 saturated heterocycles. The van der Waals surface area contributed by atoms with E-state index in [2.05, 4.69) is 5.32 Å². The van der Waals surface area contributed by atoms with E-state index in [1.54, 1.807) is 49.4 Å². The summed E-state index contributed by atoms with van der Waals surface area (Å²) in [5.41, 5.74) is 0.938. The summed E-state index contributed by atoms with van der Waals surface area (Å²) < 4.78 is 24.2. The largest absolute Gasteiger partial charge is 0.491 e. The summed E-state index contributed by atoms with van der Waals surface area (Å²) in [6, 6.07) is 12.9. The Labute approximate surface area is 152 Å². The monoisotopic (exact) mass is 361 g/mol. The van der Waals surface area contributed by atoms with E-state index in [0.29, 0.717) is 23.5 Å². The normalized spacial score (nSPS) is 13.1. The Hall–Kier alpha value is -2.44. The van der Waals surface area contributed by atoms with Crippen molar-refractivity contribution in [2.24, 2.45) is 0 Å². The minimum Gasteiger partial charge on any atom is -0.491 e. The van der Waals surface area contributed by atoms with Crippen molar-refractivity contribution < 1.29 is 23.8 Å². The first-order valence-electron chi connectivity index (χ1n) is 8.57. The van der Waals surface area contributed by atoms with Crippen LogP contribution in [0, 0.1) is 5.82 Å². The Kier molecular flexibility index (Phi) is 7.56. The Balaban J connectivity index is 1.82. The van der Waals surface area contributed by atoms with Gasteiger partial charge in [0.1, 0.15) is 24.3 Å². The van der Waals surface area contributed by atoms with Gasteiger partial charge in [-0.2, -0.15) is 0 Å². The number of halogens is 1. The second kappa shape index (κ2) is 9.89. The van der Waals surface area contributed by atoms with E-state index in [1.165, 1.54) is 6.07 Å². The number of hydrogen-bond donors (Lipinski definition) is 2.